The molecular formula is C14H21N3O. The second-order valence-corrected chi connectivity index (χ2v) is 5.28. The van der Waals surface area contributed by atoms with Gasteiger partial charge in [-0.15, -0.1) is 0 Å². The fourth-order valence-electron chi connectivity index (χ4n) is 3.06. The molecule has 2 saturated heterocycles. The van der Waals surface area contributed by atoms with Gasteiger partial charge in [0.2, 0.25) is 0 Å². The maximum atomic E-state index is 12.5. The van der Waals surface area contributed by atoms with Gasteiger partial charge in [-0.3, -0.25) is 4.79 Å². The molecule has 0 unspecified atom stereocenters. The van der Waals surface area contributed by atoms with E-state index in [1.165, 1.54) is 0 Å². The van der Waals surface area contributed by atoms with E-state index in [0.717, 1.165) is 57.6 Å². The summed E-state index contributed by atoms with van der Waals surface area (Å²) in [5.74, 6) is 0.219. The molecule has 1 aromatic heterocycles. The number of hydrogen-bond donors (Lipinski definition) is 1. The van der Waals surface area contributed by atoms with Crippen molar-refractivity contribution in [3.8, 4) is 0 Å². The molecule has 0 radical (unpaired) electrons. The van der Waals surface area contributed by atoms with Crippen LogP contribution in [0, 0.1) is 0 Å². The molecule has 98 valence electrons. The number of piperidine rings is 1. The monoisotopic (exact) mass is 247 g/mol. The largest absolute Gasteiger partial charge is 0.340 e. The highest BCUT2D eigenvalue weighted by Gasteiger charge is 2.24. The van der Waals surface area contributed by atoms with Gasteiger partial charge in [-0.05, 0) is 50.9 Å². The fraction of sp³-hybridized carbons (Fsp3) is 0.643. The lowest BCUT2D eigenvalue weighted by molar-refractivity contribution is 0.0778. The maximum Gasteiger partial charge on any atom is 0.270 e. The van der Waals surface area contributed by atoms with Crippen LogP contribution in [0.5, 0.6) is 0 Å². The van der Waals surface area contributed by atoms with Gasteiger partial charge in [0.15, 0.2) is 0 Å². The van der Waals surface area contributed by atoms with E-state index in [2.05, 4.69) is 16.1 Å². The number of carbonyl (C=O) groups is 1. The SMILES string of the molecule is O=C(c1cccn1C1CCNCC1)N1CCCC1. The van der Waals surface area contributed by atoms with Crippen molar-refractivity contribution in [1.82, 2.24) is 14.8 Å². The summed E-state index contributed by atoms with van der Waals surface area (Å²) in [6.45, 7) is 3.97. The van der Waals surface area contributed by atoms with Crippen LogP contribution in [0.1, 0.15) is 42.2 Å². The van der Waals surface area contributed by atoms with Gasteiger partial charge in [0.05, 0.1) is 0 Å². The first-order valence-corrected chi connectivity index (χ1v) is 7.03. The van der Waals surface area contributed by atoms with E-state index in [-0.39, 0.29) is 5.91 Å². The summed E-state index contributed by atoms with van der Waals surface area (Å²) in [4.78, 5) is 14.5. The van der Waals surface area contributed by atoms with Crippen molar-refractivity contribution < 1.29 is 4.79 Å². The number of carbonyl (C=O) groups excluding carboxylic acids is 1. The zero-order valence-corrected chi connectivity index (χ0v) is 10.8. The number of amides is 1. The van der Waals surface area contributed by atoms with Crippen molar-refractivity contribution in [3.63, 3.8) is 0 Å². The van der Waals surface area contributed by atoms with Crippen LogP contribution in [0.15, 0.2) is 18.3 Å². The maximum absolute atomic E-state index is 12.5. The van der Waals surface area contributed by atoms with Gasteiger partial charge >= 0.3 is 0 Å². The first-order chi connectivity index (χ1) is 8.86. The predicted octanol–water partition coefficient (Wildman–Crippen LogP) is 1.65. The van der Waals surface area contributed by atoms with Gasteiger partial charge in [-0.1, -0.05) is 0 Å². The van der Waals surface area contributed by atoms with Gasteiger partial charge in [0, 0.05) is 25.3 Å². The zero-order chi connectivity index (χ0) is 12.4. The Bertz CT molecular complexity index is 414. The van der Waals surface area contributed by atoms with Crippen LogP contribution in [-0.2, 0) is 0 Å². The van der Waals surface area contributed by atoms with Gasteiger partial charge < -0.3 is 14.8 Å². The molecule has 4 nitrogen and oxygen atoms in total. The summed E-state index contributed by atoms with van der Waals surface area (Å²) in [5.41, 5.74) is 0.879. The Morgan fingerprint density at radius 1 is 1.22 bits per heavy atom. The molecule has 3 rings (SSSR count). The van der Waals surface area contributed by atoms with Gasteiger partial charge in [-0.25, -0.2) is 0 Å². The lowest BCUT2D eigenvalue weighted by Gasteiger charge is -2.27. The van der Waals surface area contributed by atoms with Crippen molar-refractivity contribution in [3.05, 3.63) is 24.0 Å². The minimum Gasteiger partial charge on any atom is -0.340 e. The number of nitrogens with zero attached hydrogens (tertiary/aromatic N) is 2. The summed E-state index contributed by atoms with van der Waals surface area (Å²) in [6, 6.07) is 4.47. The van der Waals surface area contributed by atoms with Crippen molar-refractivity contribution >= 4 is 5.91 Å². The Balaban J connectivity index is 1.79. The lowest BCUT2D eigenvalue weighted by atomic mass is 10.1. The topological polar surface area (TPSA) is 37.3 Å². The van der Waals surface area contributed by atoms with Crippen LogP contribution in [-0.4, -0.2) is 41.6 Å². The summed E-state index contributed by atoms with van der Waals surface area (Å²) < 4.78 is 2.20. The van der Waals surface area contributed by atoms with Crippen molar-refractivity contribution in [2.45, 2.75) is 31.7 Å². The Morgan fingerprint density at radius 2 is 1.94 bits per heavy atom. The Morgan fingerprint density at radius 3 is 2.67 bits per heavy atom. The molecule has 0 atom stereocenters. The van der Waals surface area contributed by atoms with Crippen LogP contribution >= 0.6 is 0 Å². The minimum atomic E-state index is 0.219. The first-order valence-electron chi connectivity index (χ1n) is 7.03. The van der Waals surface area contributed by atoms with E-state index in [1.54, 1.807) is 0 Å². The number of aromatic nitrogens is 1. The van der Waals surface area contributed by atoms with E-state index in [4.69, 9.17) is 0 Å². The molecule has 0 bridgehead atoms. The number of rotatable bonds is 2. The molecule has 0 aromatic carbocycles. The number of nitrogens with one attached hydrogen (secondary N) is 1. The Kier molecular flexibility index (Phi) is 3.37. The third kappa shape index (κ3) is 2.17. The van der Waals surface area contributed by atoms with Gasteiger partial charge in [0.1, 0.15) is 5.69 Å². The highest BCUT2D eigenvalue weighted by Crippen LogP contribution is 2.23. The zero-order valence-electron chi connectivity index (χ0n) is 10.8. The Hall–Kier alpha value is -1.29. The third-order valence-electron chi connectivity index (χ3n) is 4.09. The Labute approximate surface area is 108 Å². The molecule has 1 N–H and O–H groups in total. The number of likely N-dealkylation sites (tertiary alicyclic amines) is 1. The van der Waals surface area contributed by atoms with Gasteiger partial charge in [0.25, 0.3) is 5.91 Å². The second-order valence-electron chi connectivity index (χ2n) is 5.28. The van der Waals surface area contributed by atoms with Gasteiger partial charge in [-0.2, -0.15) is 0 Å². The van der Waals surface area contributed by atoms with E-state index in [9.17, 15) is 4.79 Å². The summed E-state index contributed by atoms with van der Waals surface area (Å²) in [5, 5.41) is 3.37. The summed E-state index contributed by atoms with van der Waals surface area (Å²) >= 11 is 0. The average molecular weight is 247 g/mol. The van der Waals surface area contributed by atoms with Crippen molar-refractivity contribution in [2.24, 2.45) is 0 Å². The molecule has 1 aromatic rings. The van der Waals surface area contributed by atoms with E-state index < -0.39 is 0 Å². The normalized spacial score (nSPS) is 21.4. The molecule has 2 fully saturated rings. The molecule has 0 aliphatic carbocycles. The molecule has 3 heterocycles. The molecular weight excluding hydrogens is 226 g/mol. The molecule has 4 heteroatoms. The predicted molar refractivity (Wildman–Crippen MR) is 70.7 cm³/mol. The number of hydrogen-bond acceptors (Lipinski definition) is 2. The quantitative estimate of drug-likeness (QED) is 0.863. The standard InChI is InChI=1S/C14H21N3O/c18-14(16-9-1-2-10-16)13-4-3-11-17(13)12-5-7-15-8-6-12/h3-4,11-12,15H,1-2,5-10H2. The molecule has 1 amide bonds. The van der Waals surface area contributed by atoms with Crippen molar-refractivity contribution in [2.75, 3.05) is 26.2 Å². The lowest BCUT2D eigenvalue weighted by Crippen LogP contribution is -2.33. The van der Waals surface area contributed by atoms with E-state index in [0.29, 0.717) is 6.04 Å². The van der Waals surface area contributed by atoms with Crippen LogP contribution in [0.2, 0.25) is 0 Å². The second kappa shape index (κ2) is 5.14. The van der Waals surface area contributed by atoms with Crippen LogP contribution in [0.3, 0.4) is 0 Å². The van der Waals surface area contributed by atoms with Crippen LogP contribution in [0.4, 0.5) is 0 Å². The summed E-state index contributed by atoms with van der Waals surface area (Å²) in [7, 11) is 0. The first kappa shape index (κ1) is 11.8. The van der Waals surface area contributed by atoms with Crippen molar-refractivity contribution in [1.29, 1.82) is 0 Å². The third-order valence-corrected chi connectivity index (χ3v) is 4.09. The molecule has 0 spiro atoms. The highest BCUT2D eigenvalue weighted by atomic mass is 16.2. The minimum absolute atomic E-state index is 0.219. The molecule has 0 saturated carbocycles. The van der Waals surface area contributed by atoms with E-state index in [1.807, 2.05) is 17.0 Å². The molecule has 18 heavy (non-hydrogen) atoms. The van der Waals surface area contributed by atoms with E-state index >= 15 is 0 Å². The molecule has 2 aliphatic heterocycles. The van der Waals surface area contributed by atoms with Crippen LogP contribution in [0.25, 0.3) is 0 Å². The van der Waals surface area contributed by atoms with Crippen LogP contribution < -0.4 is 5.32 Å². The molecule has 2 aliphatic rings. The highest BCUT2D eigenvalue weighted by molar-refractivity contribution is 5.93. The average Bonchev–Trinajstić information content (AvgIpc) is 3.10. The fourth-order valence-corrected chi connectivity index (χ4v) is 3.06. The smallest absolute Gasteiger partial charge is 0.270 e. The summed E-state index contributed by atoms with van der Waals surface area (Å²) in [6.07, 6.45) is 6.61.